The highest BCUT2D eigenvalue weighted by molar-refractivity contribution is 5.98. The van der Waals surface area contributed by atoms with E-state index in [2.05, 4.69) is 5.43 Å². The summed E-state index contributed by atoms with van der Waals surface area (Å²) in [5.74, 6) is -1.28. The number of ether oxygens (including phenoxy) is 2. The number of aromatic nitrogens is 1. The Kier molecular flexibility index (Phi) is 5.16. The molecule has 8 nitrogen and oxygen atoms in total. The topological polar surface area (TPSA) is 89.9 Å². The second kappa shape index (κ2) is 7.53. The van der Waals surface area contributed by atoms with Gasteiger partial charge in [0.25, 0.3) is 5.91 Å². The molecule has 1 N–H and O–H groups in total. The molecule has 3 rings (SSSR count). The molecule has 1 aliphatic heterocycles. The highest BCUT2D eigenvalue weighted by Gasteiger charge is 2.33. The van der Waals surface area contributed by atoms with Gasteiger partial charge in [-0.3, -0.25) is 14.3 Å². The van der Waals surface area contributed by atoms with Crippen LogP contribution in [0.2, 0.25) is 0 Å². The van der Waals surface area contributed by atoms with Crippen molar-refractivity contribution in [2.75, 3.05) is 25.7 Å². The Balaban J connectivity index is 2.15. The molecule has 0 bridgehead atoms. The molecule has 0 radical (unpaired) electrons. The largest absolute Gasteiger partial charge is 0.482 e. The number of carbonyl (C=O) groups is 2. The van der Waals surface area contributed by atoms with Crippen molar-refractivity contribution in [1.82, 2.24) is 9.58 Å². The molecular weight excluding hydrogens is 350 g/mol. The minimum atomic E-state index is -0.774. The van der Waals surface area contributed by atoms with Crippen LogP contribution in [0.25, 0.3) is 0 Å². The Morgan fingerprint density at radius 3 is 2.56 bits per heavy atom. The van der Waals surface area contributed by atoms with Gasteiger partial charge in [-0.1, -0.05) is 30.3 Å². The molecule has 0 saturated carbocycles. The van der Waals surface area contributed by atoms with Gasteiger partial charge in [0, 0.05) is 6.54 Å². The van der Waals surface area contributed by atoms with E-state index in [1.807, 2.05) is 37.3 Å². The number of hydrogen-bond donors (Lipinski definition) is 1. The SMILES string of the molecule is CCN1CNn2c(C)c(C(=O)OC)c(=O)c(OCc3ccccc3)c2C1=O. The van der Waals surface area contributed by atoms with Gasteiger partial charge in [0.2, 0.25) is 5.43 Å². The number of hydrogen-bond acceptors (Lipinski definition) is 6. The minimum absolute atomic E-state index is 0.0779. The Morgan fingerprint density at radius 1 is 1.22 bits per heavy atom. The molecule has 1 amide bonds. The fraction of sp³-hybridized carbons (Fsp3) is 0.316. The fourth-order valence-electron chi connectivity index (χ4n) is 3.00. The number of nitrogens with zero attached hydrogens (tertiary/aromatic N) is 2. The summed E-state index contributed by atoms with van der Waals surface area (Å²) in [4.78, 5) is 39.5. The Labute approximate surface area is 156 Å². The van der Waals surface area contributed by atoms with Crippen LogP contribution in [-0.2, 0) is 11.3 Å². The van der Waals surface area contributed by atoms with E-state index in [-0.39, 0.29) is 36.2 Å². The van der Waals surface area contributed by atoms with Gasteiger partial charge < -0.3 is 19.8 Å². The first-order chi connectivity index (χ1) is 13.0. The molecular formula is C19H21N3O5. The third-order valence-electron chi connectivity index (χ3n) is 4.48. The van der Waals surface area contributed by atoms with E-state index in [1.54, 1.807) is 11.8 Å². The maximum atomic E-state index is 13.0. The molecule has 0 atom stereocenters. The number of fused-ring (bicyclic) bond motifs is 1. The smallest absolute Gasteiger partial charge is 0.343 e. The van der Waals surface area contributed by atoms with Crippen molar-refractivity contribution in [3.63, 3.8) is 0 Å². The van der Waals surface area contributed by atoms with Crippen molar-refractivity contribution in [2.45, 2.75) is 20.5 Å². The van der Waals surface area contributed by atoms with Crippen LogP contribution in [0.1, 0.15) is 39.0 Å². The third kappa shape index (κ3) is 3.25. The number of pyridine rings is 1. The summed E-state index contributed by atoms with van der Waals surface area (Å²) in [5, 5.41) is 0. The Morgan fingerprint density at radius 2 is 1.93 bits per heavy atom. The molecule has 8 heteroatoms. The molecule has 1 aliphatic rings. The molecule has 1 aromatic carbocycles. The number of methoxy groups -OCH3 is 1. The van der Waals surface area contributed by atoms with Crippen LogP contribution in [0.15, 0.2) is 35.1 Å². The number of carbonyl (C=O) groups excluding carboxylic acids is 2. The maximum absolute atomic E-state index is 13.0. The molecule has 0 saturated heterocycles. The lowest BCUT2D eigenvalue weighted by molar-refractivity contribution is 0.0592. The van der Waals surface area contributed by atoms with Gasteiger partial charge in [-0.05, 0) is 19.4 Å². The number of amides is 1. The fourth-order valence-corrected chi connectivity index (χ4v) is 3.00. The van der Waals surface area contributed by atoms with Gasteiger partial charge in [0.15, 0.2) is 11.4 Å². The van der Waals surface area contributed by atoms with Crippen LogP contribution in [0.3, 0.4) is 0 Å². The van der Waals surface area contributed by atoms with Crippen LogP contribution < -0.4 is 15.6 Å². The monoisotopic (exact) mass is 371 g/mol. The van der Waals surface area contributed by atoms with Crippen molar-refractivity contribution in [2.24, 2.45) is 0 Å². The van der Waals surface area contributed by atoms with E-state index in [0.29, 0.717) is 12.2 Å². The third-order valence-corrected chi connectivity index (χ3v) is 4.48. The van der Waals surface area contributed by atoms with Crippen LogP contribution in [0.4, 0.5) is 0 Å². The van der Waals surface area contributed by atoms with Crippen molar-refractivity contribution in [3.8, 4) is 5.75 Å². The van der Waals surface area contributed by atoms with Gasteiger partial charge in [0.1, 0.15) is 18.8 Å². The molecule has 1 aromatic heterocycles. The maximum Gasteiger partial charge on any atom is 0.343 e. The Bertz CT molecular complexity index is 937. The average molecular weight is 371 g/mol. The molecule has 2 heterocycles. The molecule has 0 fully saturated rings. The first kappa shape index (κ1) is 18.5. The van der Waals surface area contributed by atoms with E-state index < -0.39 is 11.4 Å². The van der Waals surface area contributed by atoms with Crippen molar-refractivity contribution in [3.05, 3.63) is 63.1 Å². The van der Waals surface area contributed by atoms with Gasteiger partial charge in [-0.25, -0.2) is 4.79 Å². The summed E-state index contributed by atoms with van der Waals surface area (Å²) in [6.45, 7) is 4.24. The molecule has 0 unspecified atom stereocenters. The quantitative estimate of drug-likeness (QED) is 0.801. The van der Waals surface area contributed by atoms with E-state index in [1.165, 1.54) is 11.8 Å². The van der Waals surface area contributed by atoms with Crippen LogP contribution in [0.5, 0.6) is 5.75 Å². The highest BCUT2D eigenvalue weighted by atomic mass is 16.5. The van der Waals surface area contributed by atoms with Gasteiger partial charge >= 0.3 is 5.97 Å². The van der Waals surface area contributed by atoms with Crippen molar-refractivity contribution in [1.29, 1.82) is 0 Å². The van der Waals surface area contributed by atoms with E-state index >= 15 is 0 Å². The molecule has 2 aromatic rings. The summed E-state index contributed by atoms with van der Waals surface area (Å²) in [6.07, 6.45) is 0. The zero-order valence-corrected chi connectivity index (χ0v) is 15.4. The minimum Gasteiger partial charge on any atom is -0.482 e. The van der Waals surface area contributed by atoms with Crippen LogP contribution in [0, 0.1) is 6.92 Å². The second-order valence-electron chi connectivity index (χ2n) is 6.05. The normalized spacial score (nSPS) is 13.0. The lowest BCUT2D eigenvalue weighted by Gasteiger charge is -2.32. The van der Waals surface area contributed by atoms with Crippen molar-refractivity contribution >= 4 is 11.9 Å². The summed E-state index contributed by atoms with van der Waals surface area (Å²) in [5.41, 5.74) is 3.44. The first-order valence-corrected chi connectivity index (χ1v) is 8.57. The molecule has 142 valence electrons. The number of esters is 1. The van der Waals surface area contributed by atoms with Crippen molar-refractivity contribution < 1.29 is 19.1 Å². The summed E-state index contributed by atoms with van der Waals surface area (Å²) >= 11 is 0. The highest BCUT2D eigenvalue weighted by Crippen LogP contribution is 2.23. The number of rotatable bonds is 5. The number of nitrogens with one attached hydrogen (secondary N) is 1. The zero-order chi connectivity index (χ0) is 19.6. The van der Waals surface area contributed by atoms with Gasteiger partial charge in [0.05, 0.1) is 12.8 Å². The lowest BCUT2D eigenvalue weighted by Crippen LogP contribution is -2.48. The predicted octanol–water partition coefficient (Wildman–Crippen LogP) is 1.50. The zero-order valence-electron chi connectivity index (χ0n) is 15.4. The first-order valence-electron chi connectivity index (χ1n) is 8.57. The van der Waals surface area contributed by atoms with E-state index in [0.717, 1.165) is 5.56 Å². The van der Waals surface area contributed by atoms with E-state index in [4.69, 9.17) is 9.47 Å². The second-order valence-corrected chi connectivity index (χ2v) is 6.05. The van der Waals surface area contributed by atoms with Crippen LogP contribution in [-0.4, -0.2) is 41.8 Å². The van der Waals surface area contributed by atoms with Gasteiger partial charge in [-0.15, -0.1) is 0 Å². The lowest BCUT2D eigenvalue weighted by atomic mass is 10.1. The van der Waals surface area contributed by atoms with Crippen LogP contribution >= 0.6 is 0 Å². The van der Waals surface area contributed by atoms with E-state index in [9.17, 15) is 14.4 Å². The summed E-state index contributed by atoms with van der Waals surface area (Å²) < 4.78 is 11.9. The summed E-state index contributed by atoms with van der Waals surface area (Å²) in [7, 11) is 1.20. The standard InChI is InChI=1S/C19H21N3O5/c1-4-21-11-20-22-12(2)14(19(25)26-3)16(23)17(15(22)18(21)24)27-10-13-8-6-5-7-9-13/h5-9,20H,4,10-11H2,1-3H3. The molecule has 0 aliphatic carbocycles. The van der Waals surface area contributed by atoms with Gasteiger partial charge in [-0.2, -0.15) is 0 Å². The number of benzene rings is 1. The average Bonchev–Trinajstić information content (AvgIpc) is 2.69. The summed E-state index contributed by atoms with van der Waals surface area (Å²) in [6, 6.07) is 9.26. The Hall–Kier alpha value is -3.29. The molecule has 27 heavy (non-hydrogen) atoms. The molecule has 0 spiro atoms. The predicted molar refractivity (Wildman–Crippen MR) is 98.5 cm³/mol.